The lowest BCUT2D eigenvalue weighted by molar-refractivity contribution is -0.153. The van der Waals surface area contributed by atoms with Gasteiger partial charge in [0.1, 0.15) is 5.78 Å². The van der Waals surface area contributed by atoms with Gasteiger partial charge < -0.3 is 4.74 Å². The van der Waals surface area contributed by atoms with Crippen LogP contribution in [0.25, 0.3) is 0 Å². The molecule has 1 aliphatic carbocycles. The Morgan fingerprint density at radius 1 is 1.13 bits per heavy atom. The van der Waals surface area contributed by atoms with Crippen LogP contribution in [0.15, 0.2) is 12.1 Å². The molecule has 23 heavy (non-hydrogen) atoms. The molecule has 0 N–H and O–H groups in total. The molecule has 0 amide bonds. The maximum Gasteiger partial charge on any atom is 0.309 e. The van der Waals surface area contributed by atoms with E-state index in [1.54, 1.807) is 0 Å². The zero-order chi connectivity index (χ0) is 17.1. The van der Waals surface area contributed by atoms with Crippen LogP contribution in [0.1, 0.15) is 48.4 Å². The van der Waals surface area contributed by atoms with Crippen LogP contribution in [0.4, 0.5) is 0 Å². The van der Waals surface area contributed by atoms with Crippen molar-refractivity contribution in [2.24, 2.45) is 17.8 Å². The minimum Gasteiger partial charge on any atom is -0.469 e. The molecule has 3 nitrogen and oxygen atoms in total. The number of carbonyl (C=O) groups excluding carboxylic acids is 2. The molecular formula is C20H28O3. The van der Waals surface area contributed by atoms with E-state index in [-0.39, 0.29) is 29.5 Å². The highest BCUT2D eigenvalue weighted by molar-refractivity contribution is 5.89. The Kier molecular flexibility index (Phi) is 5.61. The van der Waals surface area contributed by atoms with Crippen LogP contribution in [0.5, 0.6) is 0 Å². The molecular weight excluding hydrogens is 288 g/mol. The second kappa shape index (κ2) is 7.29. The molecule has 1 fully saturated rings. The number of hydrogen-bond acceptors (Lipinski definition) is 3. The molecule has 0 aliphatic heterocycles. The van der Waals surface area contributed by atoms with Crippen molar-refractivity contribution in [2.45, 2.75) is 53.4 Å². The molecule has 3 atom stereocenters. The summed E-state index contributed by atoms with van der Waals surface area (Å²) in [6.45, 7) is 8.28. The van der Waals surface area contributed by atoms with Gasteiger partial charge in [-0.1, -0.05) is 31.0 Å². The van der Waals surface area contributed by atoms with Crippen molar-refractivity contribution in [3.05, 3.63) is 34.4 Å². The number of ketones is 1. The third-order valence-electron chi connectivity index (χ3n) is 5.29. The number of methoxy groups -OCH3 is 1. The van der Waals surface area contributed by atoms with Crippen LogP contribution in [0.2, 0.25) is 0 Å². The summed E-state index contributed by atoms with van der Waals surface area (Å²) >= 11 is 0. The van der Waals surface area contributed by atoms with Gasteiger partial charge in [-0.25, -0.2) is 0 Å². The van der Waals surface area contributed by atoms with E-state index >= 15 is 0 Å². The van der Waals surface area contributed by atoms with E-state index in [1.807, 2.05) is 0 Å². The summed E-state index contributed by atoms with van der Waals surface area (Å²) in [6, 6.07) is 4.25. The van der Waals surface area contributed by atoms with Crippen LogP contribution in [-0.4, -0.2) is 18.9 Å². The number of ether oxygens (including phenoxy) is 1. The normalized spacial score (nSPS) is 24.3. The van der Waals surface area contributed by atoms with Crippen molar-refractivity contribution in [3.8, 4) is 0 Å². The maximum atomic E-state index is 13.0. The molecule has 126 valence electrons. The quantitative estimate of drug-likeness (QED) is 0.790. The molecule has 0 heterocycles. The summed E-state index contributed by atoms with van der Waals surface area (Å²) < 4.78 is 4.94. The fourth-order valence-corrected chi connectivity index (χ4v) is 4.15. The Bertz CT molecular complexity index is 580. The van der Waals surface area contributed by atoms with Gasteiger partial charge in [0.05, 0.1) is 13.0 Å². The Balaban J connectivity index is 2.25. The van der Waals surface area contributed by atoms with Gasteiger partial charge in [-0.15, -0.1) is 0 Å². The van der Waals surface area contributed by atoms with Gasteiger partial charge in [-0.05, 0) is 56.2 Å². The van der Waals surface area contributed by atoms with Crippen LogP contribution in [0.3, 0.4) is 0 Å². The number of Topliss-reactive ketones (excluding diaryl/α,β-unsaturated/α-hetero) is 1. The van der Waals surface area contributed by atoms with Gasteiger partial charge in [0, 0.05) is 12.3 Å². The fourth-order valence-electron chi connectivity index (χ4n) is 4.15. The molecule has 3 unspecified atom stereocenters. The lowest BCUT2D eigenvalue weighted by Crippen LogP contribution is -2.39. The first-order valence-electron chi connectivity index (χ1n) is 8.52. The summed E-state index contributed by atoms with van der Waals surface area (Å²) in [5.74, 6) is -0.292. The Morgan fingerprint density at radius 2 is 1.74 bits per heavy atom. The average Bonchev–Trinajstić information content (AvgIpc) is 2.49. The fraction of sp³-hybridized carbons (Fsp3) is 0.600. The molecule has 1 aliphatic rings. The van der Waals surface area contributed by atoms with Crippen LogP contribution < -0.4 is 0 Å². The molecule has 1 saturated carbocycles. The number of rotatable bonds is 4. The molecule has 0 bridgehead atoms. The number of esters is 1. The highest BCUT2D eigenvalue weighted by Gasteiger charge is 2.40. The zero-order valence-corrected chi connectivity index (χ0v) is 14.9. The molecule has 1 aromatic rings. The molecule has 0 saturated heterocycles. The standard InChI is InChI=1S/C20H28O3/c1-12-9-14(3)17(15(4)10-12)11-18(21)19-13(2)7-6-8-16(19)20(22)23-5/h9-10,13,16,19H,6-8,11H2,1-5H3. The van der Waals surface area contributed by atoms with Crippen molar-refractivity contribution < 1.29 is 14.3 Å². The molecule has 1 aromatic carbocycles. The smallest absolute Gasteiger partial charge is 0.309 e. The molecule has 2 rings (SSSR count). The van der Waals surface area contributed by atoms with Crippen molar-refractivity contribution in [2.75, 3.05) is 7.11 Å². The molecule has 0 aromatic heterocycles. The minimum atomic E-state index is -0.276. The second-order valence-corrected chi connectivity index (χ2v) is 7.08. The maximum absolute atomic E-state index is 13.0. The van der Waals surface area contributed by atoms with Gasteiger partial charge in [0.25, 0.3) is 0 Å². The predicted molar refractivity (Wildman–Crippen MR) is 91.4 cm³/mol. The third-order valence-corrected chi connectivity index (χ3v) is 5.29. The summed E-state index contributed by atoms with van der Waals surface area (Å²) in [5, 5.41) is 0. The number of hydrogen-bond donors (Lipinski definition) is 0. The zero-order valence-electron chi connectivity index (χ0n) is 14.9. The number of carbonyl (C=O) groups is 2. The monoisotopic (exact) mass is 316 g/mol. The van der Waals surface area contributed by atoms with E-state index in [1.165, 1.54) is 12.7 Å². The van der Waals surface area contributed by atoms with E-state index in [2.05, 4.69) is 39.8 Å². The van der Waals surface area contributed by atoms with E-state index < -0.39 is 0 Å². The summed E-state index contributed by atoms with van der Waals surface area (Å²) in [5.41, 5.74) is 4.65. The highest BCUT2D eigenvalue weighted by Crippen LogP contribution is 2.37. The Morgan fingerprint density at radius 3 is 2.30 bits per heavy atom. The van der Waals surface area contributed by atoms with Crippen molar-refractivity contribution in [3.63, 3.8) is 0 Å². The summed E-state index contributed by atoms with van der Waals surface area (Å²) in [4.78, 5) is 25.1. The van der Waals surface area contributed by atoms with Crippen LogP contribution in [0, 0.1) is 38.5 Å². The number of benzene rings is 1. The van der Waals surface area contributed by atoms with E-state index in [4.69, 9.17) is 4.74 Å². The topological polar surface area (TPSA) is 43.4 Å². The van der Waals surface area contributed by atoms with E-state index in [9.17, 15) is 9.59 Å². The van der Waals surface area contributed by atoms with E-state index in [0.717, 1.165) is 36.0 Å². The first kappa shape index (κ1) is 17.7. The van der Waals surface area contributed by atoms with Gasteiger partial charge >= 0.3 is 5.97 Å². The number of aryl methyl sites for hydroxylation is 3. The van der Waals surface area contributed by atoms with Gasteiger partial charge in [0.2, 0.25) is 0 Å². The summed E-state index contributed by atoms with van der Waals surface area (Å²) in [6.07, 6.45) is 3.18. The predicted octanol–water partition coefficient (Wildman–Crippen LogP) is 3.95. The molecule has 0 radical (unpaired) electrons. The van der Waals surface area contributed by atoms with E-state index in [0.29, 0.717) is 6.42 Å². The van der Waals surface area contributed by atoms with Crippen LogP contribution in [-0.2, 0) is 20.7 Å². The molecule has 3 heteroatoms. The van der Waals surface area contributed by atoms with Crippen molar-refractivity contribution in [1.82, 2.24) is 0 Å². The largest absolute Gasteiger partial charge is 0.469 e. The van der Waals surface area contributed by atoms with Crippen molar-refractivity contribution in [1.29, 1.82) is 0 Å². The van der Waals surface area contributed by atoms with Gasteiger partial charge in [-0.3, -0.25) is 9.59 Å². The van der Waals surface area contributed by atoms with Gasteiger partial charge in [0.15, 0.2) is 0 Å². The SMILES string of the molecule is COC(=O)C1CCCC(C)C1C(=O)Cc1c(C)cc(C)cc1C. The second-order valence-electron chi connectivity index (χ2n) is 7.08. The Labute approximate surface area is 139 Å². The lowest BCUT2D eigenvalue weighted by atomic mass is 9.69. The lowest BCUT2D eigenvalue weighted by Gasteiger charge is -2.34. The molecule has 0 spiro atoms. The highest BCUT2D eigenvalue weighted by atomic mass is 16.5. The third kappa shape index (κ3) is 3.82. The minimum absolute atomic E-state index is 0.183. The first-order chi connectivity index (χ1) is 10.8. The first-order valence-corrected chi connectivity index (χ1v) is 8.52. The van der Waals surface area contributed by atoms with Crippen LogP contribution >= 0.6 is 0 Å². The average molecular weight is 316 g/mol. The summed E-state index contributed by atoms with van der Waals surface area (Å²) in [7, 11) is 1.41. The van der Waals surface area contributed by atoms with Crippen molar-refractivity contribution >= 4 is 11.8 Å². The van der Waals surface area contributed by atoms with Gasteiger partial charge in [-0.2, -0.15) is 0 Å². The Hall–Kier alpha value is -1.64.